The van der Waals surface area contributed by atoms with Crippen molar-refractivity contribution in [2.24, 2.45) is 0 Å². The Morgan fingerprint density at radius 3 is 2.59 bits per heavy atom. The van der Waals surface area contributed by atoms with Crippen molar-refractivity contribution < 1.29 is 23.0 Å². The highest BCUT2D eigenvalue weighted by atomic mass is 19.3. The number of halogens is 2. The molecule has 144 valence electrons. The van der Waals surface area contributed by atoms with E-state index in [1.165, 1.54) is 31.7 Å². The molecule has 1 aromatic heterocycles. The molecular formula is C19H21F2N3O3. The highest BCUT2D eigenvalue weighted by molar-refractivity contribution is 6.06. The number of nitrogens with zero attached hydrogens (tertiary/aromatic N) is 2. The summed E-state index contributed by atoms with van der Waals surface area (Å²) >= 11 is 0. The van der Waals surface area contributed by atoms with Gasteiger partial charge in [-0.05, 0) is 43.5 Å². The molecule has 0 unspecified atom stereocenters. The van der Waals surface area contributed by atoms with Crippen LogP contribution in [0.4, 0.5) is 20.3 Å². The second-order valence-electron chi connectivity index (χ2n) is 6.12. The second-order valence-corrected chi connectivity index (χ2v) is 6.12. The Kier molecular flexibility index (Phi) is 6.05. The van der Waals surface area contributed by atoms with Gasteiger partial charge in [-0.1, -0.05) is 6.07 Å². The molecule has 0 aliphatic carbocycles. The number of carbonyl (C=O) groups excluding carboxylic acids is 1. The predicted molar refractivity (Wildman–Crippen MR) is 97.9 cm³/mol. The summed E-state index contributed by atoms with van der Waals surface area (Å²) in [5, 5.41) is 2.60. The van der Waals surface area contributed by atoms with Crippen LogP contribution < -0.4 is 19.7 Å². The first kappa shape index (κ1) is 18.9. The van der Waals surface area contributed by atoms with E-state index in [0.717, 1.165) is 31.6 Å². The number of anilines is 2. The molecule has 2 aromatic rings. The van der Waals surface area contributed by atoms with Crippen LogP contribution in [-0.2, 0) is 0 Å². The smallest absolute Gasteiger partial charge is 0.387 e. The Morgan fingerprint density at radius 1 is 1.19 bits per heavy atom. The van der Waals surface area contributed by atoms with Crippen molar-refractivity contribution >= 4 is 17.4 Å². The lowest BCUT2D eigenvalue weighted by atomic mass is 10.1. The minimum Gasteiger partial charge on any atom is -0.493 e. The highest BCUT2D eigenvalue weighted by Crippen LogP contribution is 2.33. The fraction of sp³-hybridized carbons (Fsp3) is 0.368. The van der Waals surface area contributed by atoms with E-state index in [2.05, 4.69) is 19.9 Å². The van der Waals surface area contributed by atoms with Gasteiger partial charge >= 0.3 is 6.61 Å². The van der Waals surface area contributed by atoms with Crippen LogP contribution in [0.5, 0.6) is 11.5 Å². The number of benzene rings is 1. The van der Waals surface area contributed by atoms with Gasteiger partial charge in [0.2, 0.25) is 0 Å². The Morgan fingerprint density at radius 2 is 1.96 bits per heavy atom. The van der Waals surface area contributed by atoms with E-state index in [4.69, 9.17) is 4.74 Å². The number of methoxy groups -OCH3 is 1. The minimum atomic E-state index is -3.07. The summed E-state index contributed by atoms with van der Waals surface area (Å²) in [6.45, 7) is -1.09. The molecule has 0 bridgehead atoms. The number of pyridine rings is 1. The number of amides is 1. The molecule has 1 saturated heterocycles. The van der Waals surface area contributed by atoms with Gasteiger partial charge in [-0.2, -0.15) is 8.78 Å². The van der Waals surface area contributed by atoms with Crippen LogP contribution in [0.25, 0.3) is 0 Å². The third-order valence-electron chi connectivity index (χ3n) is 4.36. The Balaban J connectivity index is 1.75. The number of hydrogen-bond donors (Lipinski definition) is 1. The van der Waals surface area contributed by atoms with Crippen LogP contribution in [0.2, 0.25) is 0 Å². The van der Waals surface area contributed by atoms with E-state index in [1.807, 2.05) is 6.07 Å². The van der Waals surface area contributed by atoms with Crippen molar-refractivity contribution in [1.82, 2.24) is 4.98 Å². The van der Waals surface area contributed by atoms with Crippen molar-refractivity contribution in [3.63, 3.8) is 0 Å². The van der Waals surface area contributed by atoms with Crippen LogP contribution in [-0.4, -0.2) is 37.7 Å². The summed E-state index contributed by atoms with van der Waals surface area (Å²) in [4.78, 5) is 19.0. The average molecular weight is 377 g/mol. The van der Waals surface area contributed by atoms with Gasteiger partial charge in [-0.3, -0.25) is 4.79 Å². The maximum absolute atomic E-state index is 12.7. The molecule has 6 nitrogen and oxygen atoms in total. The van der Waals surface area contributed by atoms with E-state index < -0.39 is 12.5 Å². The SMILES string of the molecule is COc1cccc(C(=O)Nc2ccc(N3CCCCC3)cn2)c1OC(F)F. The van der Waals surface area contributed by atoms with Crippen LogP contribution in [0.3, 0.4) is 0 Å². The molecule has 1 aliphatic rings. The Labute approximate surface area is 156 Å². The molecule has 1 amide bonds. The number of rotatable bonds is 6. The largest absolute Gasteiger partial charge is 0.493 e. The maximum Gasteiger partial charge on any atom is 0.387 e. The van der Waals surface area contributed by atoms with Gasteiger partial charge in [0.15, 0.2) is 11.5 Å². The molecule has 0 spiro atoms. The third kappa shape index (κ3) is 4.64. The molecule has 1 fully saturated rings. The predicted octanol–water partition coefficient (Wildman–Crippen LogP) is 3.93. The van der Waals surface area contributed by atoms with E-state index in [1.54, 1.807) is 12.3 Å². The molecule has 1 aromatic carbocycles. The molecule has 0 saturated carbocycles. The normalized spacial score (nSPS) is 14.1. The molecular weight excluding hydrogens is 356 g/mol. The van der Waals surface area contributed by atoms with Crippen LogP contribution >= 0.6 is 0 Å². The second kappa shape index (κ2) is 8.66. The van der Waals surface area contributed by atoms with Crippen molar-refractivity contribution in [2.45, 2.75) is 25.9 Å². The zero-order valence-corrected chi connectivity index (χ0v) is 15.0. The number of aromatic nitrogens is 1. The van der Waals surface area contributed by atoms with Crippen molar-refractivity contribution in [3.8, 4) is 11.5 Å². The molecule has 0 radical (unpaired) electrons. The average Bonchev–Trinajstić information content (AvgIpc) is 2.69. The lowest BCUT2D eigenvalue weighted by molar-refractivity contribution is -0.0515. The van der Waals surface area contributed by atoms with Crippen LogP contribution in [0, 0.1) is 0 Å². The van der Waals surface area contributed by atoms with Crippen molar-refractivity contribution in [2.75, 3.05) is 30.4 Å². The van der Waals surface area contributed by atoms with Gasteiger partial charge in [0.1, 0.15) is 5.82 Å². The van der Waals surface area contributed by atoms with Gasteiger partial charge in [0.05, 0.1) is 24.6 Å². The number of ether oxygens (including phenoxy) is 2. The number of piperidine rings is 1. The summed E-state index contributed by atoms with van der Waals surface area (Å²) in [5.41, 5.74) is 0.937. The number of carbonyl (C=O) groups is 1. The maximum atomic E-state index is 12.7. The van der Waals surface area contributed by atoms with E-state index >= 15 is 0 Å². The molecule has 0 atom stereocenters. The van der Waals surface area contributed by atoms with E-state index in [9.17, 15) is 13.6 Å². The van der Waals surface area contributed by atoms with E-state index in [-0.39, 0.29) is 17.1 Å². The number of alkyl halides is 2. The Bertz CT molecular complexity index is 778. The number of nitrogens with one attached hydrogen (secondary N) is 1. The molecule has 27 heavy (non-hydrogen) atoms. The van der Waals surface area contributed by atoms with Crippen molar-refractivity contribution in [3.05, 3.63) is 42.1 Å². The first-order valence-corrected chi connectivity index (χ1v) is 8.72. The first-order chi connectivity index (χ1) is 13.1. The summed E-state index contributed by atoms with van der Waals surface area (Å²) in [7, 11) is 1.32. The molecule has 2 heterocycles. The third-order valence-corrected chi connectivity index (χ3v) is 4.36. The quantitative estimate of drug-likeness (QED) is 0.826. The van der Waals surface area contributed by atoms with Gasteiger partial charge in [0, 0.05) is 13.1 Å². The van der Waals surface area contributed by atoms with Gasteiger partial charge in [-0.15, -0.1) is 0 Å². The van der Waals surface area contributed by atoms with Gasteiger partial charge < -0.3 is 19.7 Å². The van der Waals surface area contributed by atoms with Crippen LogP contribution in [0.15, 0.2) is 36.5 Å². The zero-order chi connectivity index (χ0) is 19.2. The summed E-state index contributed by atoms with van der Waals surface area (Å²) in [6, 6.07) is 7.93. The monoisotopic (exact) mass is 377 g/mol. The number of para-hydroxylation sites is 1. The zero-order valence-electron chi connectivity index (χ0n) is 15.0. The summed E-state index contributed by atoms with van der Waals surface area (Å²) in [5.74, 6) is -0.539. The lowest BCUT2D eigenvalue weighted by Crippen LogP contribution is -2.29. The molecule has 1 aliphatic heterocycles. The van der Waals surface area contributed by atoms with E-state index in [0.29, 0.717) is 5.82 Å². The van der Waals surface area contributed by atoms with Gasteiger partial charge in [0.25, 0.3) is 5.91 Å². The topological polar surface area (TPSA) is 63.7 Å². The number of hydrogen-bond acceptors (Lipinski definition) is 5. The Hall–Kier alpha value is -2.90. The lowest BCUT2D eigenvalue weighted by Gasteiger charge is -2.28. The summed E-state index contributed by atoms with van der Waals surface area (Å²) < 4.78 is 34.9. The molecule has 3 rings (SSSR count). The van der Waals surface area contributed by atoms with Crippen LogP contribution in [0.1, 0.15) is 29.6 Å². The summed E-state index contributed by atoms with van der Waals surface area (Å²) in [6.07, 6.45) is 5.24. The molecule has 8 heteroatoms. The minimum absolute atomic E-state index is 0.0522. The van der Waals surface area contributed by atoms with Gasteiger partial charge in [-0.25, -0.2) is 4.98 Å². The fourth-order valence-corrected chi connectivity index (χ4v) is 3.05. The fourth-order valence-electron chi connectivity index (χ4n) is 3.05. The highest BCUT2D eigenvalue weighted by Gasteiger charge is 2.21. The first-order valence-electron chi connectivity index (χ1n) is 8.72. The molecule has 1 N–H and O–H groups in total. The van der Waals surface area contributed by atoms with Crippen molar-refractivity contribution in [1.29, 1.82) is 0 Å². The standard InChI is InChI=1S/C19H21F2N3O3/c1-26-15-7-5-6-14(17(15)27-19(20)21)18(25)23-16-9-8-13(12-22-16)24-10-3-2-4-11-24/h5-9,12,19H,2-4,10-11H2,1H3,(H,22,23,25).